The maximum absolute atomic E-state index is 12.9. The van der Waals surface area contributed by atoms with Crippen LogP contribution in [0.15, 0.2) is 43.0 Å². The van der Waals surface area contributed by atoms with E-state index in [-0.39, 0.29) is 5.91 Å². The van der Waals surface area contributed by atoms with Gasteiger partial charge in [-0.05, 0) is 37.0 Å². The topological polar surface area (TPSA) is 84.3 Å². The molecule has 8 nitrogen and oxygen atoms in total. The Kier molecular flexibility index (Phi) is 5.50. The number of carbonyl (C=O) groups excluding carboxylic acids is 1. The number of aromatic nitrogens is 4. The summed E-state index contributed by atoms with van der Waals surface area (Å²) in [6, 6.07) is 5.51. The van der Waals surface area contributed by atoms with E-state index in [4.69, 9.17) is 4.74 Å². The van der Waals surface area contributed by atoms with Crippen LogP contribution in [0.25, 0.3) is 11.0 Å². The lowest BCUT2D eigenvalue weighted by Gasteiger charge is -2.34. The molecule has 1 saturated heterocycles. The van der Waals surface area contributed by atoms with Gasteiger partial charge in [-0.15, -0.1) is 0 Å². The normalized spacial score (nSPS) is 14.8. The number of ether oxygens (including phenoxy) is 1. The van der Waals surface area contributed by atoms with Crippen molar-refractivity contribution < 1.29 is 9.53 Å². The van der Waals surface area contributed by atoms with Gasteiger partial charge in [-0.1, -0.05) is 0 Å². The first-order valence-corrected chi connectivity index (χ1v) is 9.72. The predicted molar refractivity (Wildman–Crippen MR) is 110 cm³/mol. The van der Waals surface area contributed by atoms with E-state index >= 15 is 0 Å². The number of carbonyl (C=O) groups is 1. The summed E-state index contributed by atoms with van der Waals surface area (Å²) in [6.45, 7) is 2.34. The Labute approximate surface area is 169 Å². The van der Waals surface area contributed by atoms with Gasteiger partial charge in [-0.25, -0.2) is 9.97 Å². The van der Waals surface area contributed by atoms with E-state index in [2.05, 4.69) is 24.8 Å². The molecule has 1 amide bonds. The van der Waals surface area contributed by atoms with Crippen molar-refractivity contribution in [3.05, 3.63) is 48.5 Å². The molecule has 0 spiro atoms. The van der Waals surface area contributed by atoms with Gasteiger partial charge in [0, 0.05) is 57.0 Å². The van der Waals surface area contributed by atoms with Crippen LogP contribution in [0.2, 0.25) is 0 Å². The number of piperidine rings is 1. The third-order valence-corrected chi connectivity index (χ3v) is 5.35. The number of rotatable bonds is 5. The van der Waals surface area contributed by atoms with E-state index in [0.29, 0.717) is 17.4 Å². The molecule has 1 aromatic carbocycles. The Hall–Kier alpha value is -3.29. The molecule has 3 heterocycles. The van der Waals surface area contributed by atoms with Crippen LogP contribution in [0.1, 0.15) is 23.2 Å². The summed E-state index contributed by atoms with van der Waals surface area (Å²) in [7, 11) is 3.60. The minimum Gasteiger partial charge on any atom is -0.478 e. The Morgan fingerprint density at radius 3 is 2.52 bits per heavy atom. The highest BCUT2D eigenvalue weighted by atomic mass is 16.5. The molecule has 3 aromatic rings. The number of fused-ring (bicyclic) bond motifs is 1. The van der Waals surface area contributed by atoms with E-state index in [1.807, 2.05) is 30.1 Å². The lowest BCUT2D eigenvalue weighted by Crippen LogP contribution is -2.41. The molecule has 0 N–H and O–H groups in total. The van der Waals surface area contributed by atoms with Crippen LogP contribution in [0, 0.1) is 5.92 Å². The van der Waals surface area contributed by atoms with Crippen molar-refractivity contribution in [2.75, 3.05) is 38.7 Å². The van der Waals surface area contributed by atoms with Gasteiger partial charge in [-0.3, -0.25) is 14.8 Å². The number of amides is 1. The van der Waals surface area contributed by atoms with Crippen LogP contribution in [0.3, 0.4) is 0 Å². The standard InChI is InChI=1S/C21H24N6O2/c1-26(19-20(29-2)25-10-9-24-19)14-15-5-11-27(12-6-15)21(28)16-3-4-17-18(13-16)23-8-7-22-17/h3-4,7-10,13,15H,5-6,11-12,14H2,1-2H3. The highest BCUT2D eigenvalue weighted by Gasteiger charge is 2.25. The lowest BCUT2D eigenvalue weighted by molar-refractivity contribution is 0.0693. The number of hydrogen-bond acceptors (Lipinski definition) is 7. The molecule has 8 heteroatoms. The molecule has 1 aliphatic heterocycles. The third kappa shape index (κ3) is 4.11. The first-order chi connectivity index (χ1) is 14.2. The number of likely N-dealkylation sites (tertiary alicyclic amines) is 1. The second kappa shape index (κ2) is 8.38. The molecule has 29 heavy (non-hydrogen) atoms. The molecule has 1 aliphatic rings. The van der Waals surface area contributed by atoms with Crippen LogP contribution in [0.4, 0.5) is 5.82 Å². The largest absolute Gasteiger partial charge is 0.478 e. The van der Waals surface area contributed by atoms with Crippen molar-refractivity contribution >= 4 is 22.8 Å². The zero-order chi connectivity index (χ0) is 20.2. The Balaban J connectivity index is 1.36. The Bertz CT molecular complexity index is 1000. The molecule has 0 atom stereocenters. The molecule has 0 unspecified atom stereocenters. The van der Waals surface area contributed by atoms with Gasteiger partial charge in [0.1, 0.15) is 0 Å². The fraction of sp³-hybridized carbons (Fsp3) is 0.381. The van der Waals surface area contributed by atoms with E-state index in [1.165, 1.54) is 0 Å². The molecule has 2 aromatic heterocycles. The van der Waals surface area contributed by atoms with Crippen molar-refractivity contribution in [2.45, 2.75) is 12.8 Å². The molecule has 0 bridgehead atoms. The molecule has 1 fully saturated rings. The maximum Gasteiger partial charge on any atom is 0.257 e. The molecule has 0 aliphatic carbocycles. The van der Waals surface area contributed by atoms with Crippen LogP contribution in [-0.2, 0) is 0 Å². The highest BCUT2D eigenvalue weighted by molar-refractivity contribution is 5.97. The lowest BCUT2D eigenvalue weighted by atomic mass is 9.95. The van der Waals surface area contributed by atoms with Crippen LogP contribution >= 0.6 is 0 Å². The molecule has 4 rings (SSSR count). The summed E-state index contributed by atoms with van der Waals surface area (Å²) in [5.74, 6) is 1.81. The van der Waals surface area contributed by atoms with E-state index < -0.39 is 0 Å². The summed E-state index contributed by atoms with van der Waals surface area (Å²) < 4.78 is 5.31. The highest BCUT2D eigenvalue weighted by Crippen LogP contribution is 2.25. The molecular formula is C21H24N6O2. The van der Waals surface area contributed by atoms with Crippen LogP contribution in [0.5, 0.6) is 5.88 Å². The molecular weight excluding hydrogens is 368 g/mol. The number of methoxy groups -OCH3 is 1. The zero-order valence-corrected chi connectivity index (χ0v) is 16.7. The monoisotopic (exact) mass is 392 g/mol. The zero-order valence-electron chi connectivity index (χ0n) is 16.7. The van der Waals surface area contributed by atoms with Gasteiger partial charge >= 0.3 is 0 Å². The fourth-order valence-corrected chi connectivity index (χ4v) is 3.80. The van der Waals surface area contributed by atoms with Gasteiger partial charge in [0.25, 0.3) is 11.8 Å². The van der Waals surface area contributed by atoms with Gasteiger partial charge < -0.3 is 14.5 Å². The molecule has 0 radical (unpaired) electrons. The van der Waals surface area contributed by atoms with E-state index in [1.54, 1.807) is 31.9 Å². The summed E-state index contributed by atoms with van der Waals surface area (Å²) in [6.07, 6.45) is 8.49. The first-order valence-electron chi connectivity index (χ1n) is 9.72. The summed E-state index contributed by atoms with van der Waals surface area (Å²) >= 11 is 0. The van der Waals surface area contributed by atoms with Gasteiger partial charge in [-0.2, -0.15) is 0 Å². The fourth-order valence-electron chi connectivity index (χ4n) is 3.80. The smallest absolute Gasteiger partial charge is 0.257 e. The second-order valence-corrected chi connectivity index (χ2v) is 7.27. The first kappa shape index (κ1) is 19.0. The maximum atomic E-state index is 12.9. The number of anilines is 1. The van der Waals surface area contributed by atoms with Gasteiger partial charge in [0.15, 0.2) is 5.82 Å². The van der Waals surface area contributed by atoms with E-state index in [0.717, 1.165) is 49.3 Å². The van der Waals surface area contributed by atoms with Crippen molar-refractivity contribution in [1.82, 2.24) is 24.8 Å². The van der Waals surface area contributed by atoms with Crippen molar-refractivity contribution in [1.29, 1.82) is 0 Å². The minimum atomic E-state index is 0.0555. The summed E-state index contributed by atoms with van der Waals surface area (Å²) in [5, 5.41) is 0. The SMILES string of the molecule is COc1nccnc1N(C)CC1CCN(C(=O)c2ccc3nccnc3c2)CC1. The van der Waals surface area contributed by atoms with E-state index in [9.17, 15) is 4.79 Å². The van der Waals surface area contributed by atoms with Crippen LogP contribution in [-0.4, -0.2) is 64.5 Å². The Morgan fingerprint density at radius 2 is 1.76 bits per heavy atom. The van der Waals surface area contributed by atoms with Gasteiger partial charge in [0.05, 0.1) is 18.1 Å². The number of nitrogens with zero attached hydrogens (tertiary/aromatic N) is 6. The van der Waals surface area contributed by atoms with Crippen LogP contribution < -0.4 is 9.64 Å². The molecule has 0 saturated carbocycles. The summed E-state index contributed by atoms with van der Waals surface area (Å²) in [4.78, 5) is 34.1. The minimum absolute atomic E-state index is 0.0555. The van der Waals surface area contributed by atoms with Gasteiger partial charge in [0.2, 0.25) is 0 Å². The number of hydrogen-bond donors (Lipinski definition) is 0. The average molecular weight is 392 g/mol. The van der Waals surface area contributed by atoms with Crippen molar-refractivity contribution in [3.8, 4) is 5.88 Å². The second-order valence-electron chi connectivity index (χ2n) is 7.27. The summed E-state index contributed by atoms with van der Waals surface area (Å²) in [5.41, 5.74) is 2.20. The average Bonchev–Trinajstić information content (AvgIpc) is 2.78. The Morgan fingerprint density at radius 1 is 1.07 bits per heavy atom. The predicted octanol–water partition coefficient (Wildman–Crippen LogP) is 2.42. The van der Waals surface area contributed by atoms with Crippen molar-refractivity contribution in [3.63, 3.8) is 0 Å². The van der Waals surface area contributed by atoms with Crippen molar-refractivity contribution in [2.24, 2.45) is 5.92 Å². The third-order valence-electron chi connectivity index (χ3n) is 5.35. The quantitative estimate of drug-likeness (QED) is 0.659. The number of benzene rings is 1. The molecule has 150 valence electrons.